The van der Waals surface area contributed by atoms with Crippen LogP contribution in [0, 0.1) is 12.7 Å². The largest absolute Gasteiger partial charge is 0.298 e. The Bertz CT molecular complexity index is 847. The molecule has 0 aliphatic rings. The molecule has 0 amide bonds. The molecule has 0 saturated heterocycles. The smallest absolute Gasteiger partial charge is 0.262 e. The monoisotopic (exact) mass is 281 g/mol. The third-order valence-corrected chi connectivity index (χ3v) is 3.57. The van der Waals surface area contributed by atoms with Crippen molar-refractivity contribution in [3.8, 4) is 0 Å². The zero-order valence-electron chi connectivity index (χ0n) is 11.3. The summed E-state index contributed by atoms with van der Waals surface area (Å²) >= 11 is 0. The van der Waals surface area contributed by atoms with E-state index in [4.69, 9.17) is 0 Å². The second-order valence-corrected chi connectivity index (χ2v) is 4.78. The van der Waals surface area contributed by atoms with E-state index in [2.05, 4.69) is 0 Å². The first kappa shape index (κ1) is 13.2. The first-order valence-corrected chi connectivity index (χ1v) is 6.49. The Balaban J connectivity index is 2.25. The minimum absolute atomic E-state index is 0.281. The van der Waals surface area contributed by atoms with E-state index in [1.54, 1.807) is 19.1 Å². The maximum Gasteiger partial charge on any atom is 0.262 e. The quantitative estimate of drug-likeness (QED) is 0.673. The fourth-order valence-electron chi connectivity index (χ4n) is 2.52. The molecule has 0 atom stereocenters. The maximum atomic E-state index is 13.0. The summed E-state index contributed by atoms with van der Waals surface area (Å²) in [5.41, 5.74) is 2.13. The first-order valence-electron chi connectivity index (χ1n) is 6.49. The maximum absolute atomic E-state index is 13.0. The van der Waals surface area contributed by atoms with Gasteiger partial charge in [0.25, 0.3) is 5.91 Å². The molecule has 0 aliphatic heterocycles. The number of hydrogen-bond donors (Lipinski definition) is 0. The number of para-hydroxylation sites is 1. The van der Waals surface area contributed by atoms with Crippen molar-refractivity contribution in [2.75, 3.05) is 0 Å². The van der Waals surface area contributed by atoms with Crippen molar-refractivity contribution in [2.45, 2.75) is 6.92 Å². The van der Waals surface area contributed by atoms with E-state index in [1.165, 1.54) is 28.8 Å². The number of benzene rings is 2. The van der Waals surface area contributed by atoms with E-state index in [0.717, 1.165) is 11.7 Å². The SMILES string of the molecule is Cc1c(C=O)c2ccccc2n1C(=O)c1ccc(F)cc1. The van der Waals surface area contributed by atoms with Crippen molar-refractivity contribution < 1.29 is 14.0 Å². The van der Waals surface area contributed by atoms with Crippen LogP contribution in [0.2, 0.25) is 0 Å². The van der Waals surface area contributed by atoms with E-state index in [-0.39, 0.29) is 5.91 Å². The van der Waals surface area contributed by atoms with Gasteiger partial charge in [0.05, 0.1) is 5.52 Å². The molecule has 104 valence electrons. The lowest BCUT2D eigenvalue weighted by atomic mass is 10.1. The average molecular weight is 281 g/mol. The molecule has 3 rings (SSSR count). The molecule has 4 heteroatoms. The van der Waals surface area contributed by atoms with Crippen molar-refractivity contribution in [1.82, 2.24) is 4.57 Å². The topological polar surface area (TPSA) is 39.1 Å². The number of halogens is 1. The Morgan fingerprint density at radius 3 is 2.43 bits per heavy atom. The molecule has 3 nitrogen and oxygen atoms in total. The number of hydrogen-bond acceptors (Lipinski definition) is 2. The molecule has 0 radical (unpaired) electrons. The Hall–Kier alpha value is -2.75. The minimum Gasteiger partial charge on any atom is -0.298 e. The highest BCUT2D eigenvalue weighted by Crippen LogP contribution is 2.25. The Labute approximate surface area is 120 Å². The Morgan fingerprint density at radius 2 is 1.76 bits per heavy atom. The van der Waals surface area contributed by atoms with Gasteiger partial charge in [-0.25, -0.2) is 4.39 Å². The van der Waals surface area contributed by atoms with E-state index < -0.39 is 5.82 Å². The Kier molecular flexibility index (Phi) is 3.14. The van der Waals surface area contributed by atoms with Crippen LogP contribution < -0.4 is 0 Å². The lowest BCUT2D eigenvalue weighted by Gasteiger charge is -2.07. The summed E-state index contributed by atoms with van der Waals surface area (Å²) in [6.45, 7) is 1.73. The molecule has 1 aromatic heterocycles. The van der Waals surface area contributed by atoms with E-state index in [9.17, 15) is 14.0 Å². The second kappa shape index (κ2) is 4.98. The van der Waals surface area contributed by atoms with Gasteiger partial charge in [-0.05, 0) is 37.3 Å². The molecule has 0 unspecified atom stereocenters. The number of aldehydes is 1. The second-order valence-electron chi connectivity index (χ2n) is 4.78. The molecule has 0 N–H and O–H groups in total. The summed E-state index contributed by atoms with van der Waals surface area (Å²) in [5.74, 6) is -0.675. The molecular formula is C17H12FNO2. The van der Waals surface area contributed by atoms with Crippen LogP contribution in [-0.2, 0) is 0 Å². The summed E-state index contributed by atoms with van der Waals surface area (Å²) in [5, 5.41) is 0.737. The van der Waals surface area contributed by atoms with E-state index >= 15 is 0 Å². The molecule has 0 fully saturated rings. The van der Waals surface area contributed by atoms with E-state index in [1.807, 2.05) is 12.1 Å². The van der Waals surface area contributed by atoms with Gasteiger partial charge in [0, 0.05) is 22.2 Å². The molecule has 0 saturated carbocycles. The van der Waals surface area contributed by atoms with Gasteiger partial charge in [0.2, 0.25) is 0 Å². The van der Waals surface area contributed by atoms with Gasteiger partial charge in [0.15, 0.2) is 6.29 Å². The highest BCUT2D eigenvalue weighted by Gasteiger charge is 2.19. The van der Waals surface area contributed by atoms with Gasteiger partial charge in [0.1, 0.15) is 5.82 Å². The predicted molar refractivity (Wildman–Crippen MR) is 78.2 cm³/mol. The summed E-state index contributed by atoms with van der Waals surface area (Å²) < 4.78 is 14.5. The van der Waals surface area contributed by atoms with Gasteiger partial charge >= 0.3 is 0 Å². The number of fused-ring (bicyclic) bond motifs is 1. The van der Waals surface area contributed by atoms with Crippen molar-refractivity contribution in [3.05, 3.63) is 71.2 Å². The number of rotatable bonds is 2. The number of nitrogens with zero attached hydrogens (tertiary/aromatic N) is 1. The standard InChI is InChI=1S/C17H12FNO2/c1-11-15(10-20)14-4-2-3-5-16(14)19(11)17(21)12-6-8-13(18)9-7-12/h2-10H,1H3. The molecule has 0 aliphatic carbocycles. The zero-order valence-corrected chi connectivity index (χ0v) is 11.3. The molecule has 21 heavy (non-hydrogen) atoms. The van der Waals surface area contributed by atoms with E-state index in [0.29, 0.717) is 22.3 Å². The lowest BCUT2D eigenvalue weighted by molar-refractivity contribution is 0.0963. The first-order chi connectivity index (χ1) is 10.1. The molecular weight excluding hydrogens is 269 g/mol. The molecule has 1 heterocycles. The van der Waals surface area contributed by atoms with Crippen LogP contribution in [-0.4, -0.2) is 16.8 Å². The fraction of sp³-hybridized carbons (Fsp3) is 0.0588. The highest BCUT2D eigenvalue weighted by molar-refractivity contribution is 6.08. The molecule has 0 bridgehead atoms. The normalized spacial score (nSPS) is 10.8. The third-order valence-electron chi connectivity index (χ3n) is 3.57. The number of aromatic nitrogens is 1. The van der Waals surface area contributed by atoms with Crippen LogP contribution in [0.5, 0.6) is 0 Å². The molecule has 2 aromatic carbocycles. The number of carbonyl (C=O) groups excluding carboxylic acids is 2. The fourth-order valence-corrected chi connectivity index (χ4v) is 2.52. The third kappa shape index (κ3) is 2.05. The van der Waals surface area contributed by atoms with Gasteiger partial charge in [-0.15, -0.1) is 0 Å². The molecule has 0 spiro atoms. The van der Waals surface area contributed by atoms with Gasteiger partial charge in [-0.1, -0.05) is 18.2 Å². The minimum atomic E-state index is -0.394. The van der Waals surface area contributed by atoms with Crippen LogP contribution in [0.25, 0.3) is 10.9 Å². The van der Waals surface area contributed by atoms with Crippen LogP contribution in [0.3, 0.4) is 0 Å². The van der Waals surface area contributed by atoms with Crippen molar-refractivity contribution >= 4 is 23.1 Å². The lowest BCUT2D eigenvalue weighted by Crippen LogP contribution is -2.13. The Morgan fingerprint density at radius 1 is 1.10 bits per heavy atom. The molecule has 3 aromatic rings. The summed E-state index contributed by atoms with van der Waals surface area (Å²) in [6, 6.07) is 12.6. The average Bonchev–Trinajstić information content (AvgIpc) is 2.78. The van der Waals surface area contributed by atoms with Crippen LogP contribution in [0.1, 0.15) is 26.4 Å². The van der Waals surface area contributed by atoms with Crippen LogP contribution in [0.4, 0.5) is 4.39 Å². The van der Waals surface area contributed by atoms with Crippen molar-refractivity contribution in [1.29, 1.82) is 0 Å². The number of carbonyl (C=O) groups is 2. The van der Waals surface area contributed by atoms with Gasteiger partial charge in [-0.3, -0.25) is 14.2 Å². The van der Waals surface area contributed by atoms with Gasteiger partial charge < -0.3 is 0 Å². The predicted octanol–water partition coefficient (Wildman–Crippen LogP) is 3.59. The van der Waals surface area contributed by atoms with Crippen LogP contribution >= 0.6 is 0 Å². The van der Waals surface area contributed by atoms with Crippen molar-refractivity contribution in [2.24, 2.45) is 0 Å². The summed E-state index contributed by atoms with van der Waals surface area (Å²) in [4.78, 5) is 23.9. The zero-order chi connectivity index (χ0) is 15.0. The summed E-state index contributed by atoms with van der Waals surface area (Å²) in [6.07, 6.45) is 0.756. The van der Waals surface area contributed by atoms with Crippen molar-refractivity contribution in [3.63, 3.8) is 0 Å². The van der Waals surface area contributed by atoms with Gasteiger partial charge in [-0.2, -0.15) is 0 Å². The highest BCUT2D eigenvalue weighted by atomic mass is 19.1. The van der Waals surface area contributed by atoms with Crippen LogP contribution in [0.15, 0.2) is 48.5 Å². The summed E-state index contributed by atoms with van der Waals surface area (Å²) in [7, 11) is 0.